The maximum atomic E-state index is 12.7. The molecule has 1 atom stereocenters. The molecular formula is C19H22N2O2. The Balaban J connectivity index is 1.93. The number of rotatable bonds is 4. The predicted molar refractivity (Wildman–Crippen MR) is 91.7 cm³/mol. The zero-order chi connectivity index (χ0) is 16.4. The molecule has 2 aromatic rings. The van der Waals surface area contributed by atoms with Crippen LogP contribution in [0.15, 0.2) is 48.5 Å². The van der Waals surface area contributed by atoms with Crippen molar-refractivity contribution in [2.24, 2.45) is 0 Å². The van der Waals surface area contributed by atoms with Crippen molar-refractivity contribution in [1.82, 2.24) is 4.90 Å². The van der Waals surface area contributed by atoms with Crippen LogP contribution in [0.3, 0.4) is 0 Å². The Hall–Kier alpha value is -2.49. The molecule has 1 heterocycles. The van der Waals surface area contributed by atoms with Crippen molar-refractivity contribution in [3.63, 3.8) is 0 Å². The van der Waals surface area contributed by atoms with E-state index in [-0.39, 0.29) is 5.91 Å². The second-order valence-corrected chi connectivity index (χ2v) is 5.98. The summed E-state index contributed by atoms with van der Waals surface area (Å²) in [6.45, 7) is 4.81. The Bertz CT molecular complexity index is 712. The van der Waals surface area contributed by atoms with E-state index in [1.54, 1.807) is 4.90 Å². The minimum atomic E-state index is -0.589. The van der Waals surface area contributed by atoms with Gasteiger partial charge < -0.3 is 15.0 Å². The first-order chi connectivity index (χ1) is 11.1. The molecule has 0 fully saturated rings. The summed E-state index contributed by atoms with van der Waals surface area (Å²) in [5.41, 5.74) is 2.00. The summed E-state index contributed by atoms with van der Waals surface area (Å²) < 4.78 is 5.63. The lowest BCUT2D eigenvalue weighted by atomic mass is 9.94. The fourth-order valence-electron chi connectivity index (χ4n) is 2.87. The summed E-state index contributed by atoms with van der Waals surface area (Å²) in [6.07, 6.45) is 0.981. The monoisotopic (exact) mass is 310 g/mol. The molecular weight excluding hydrogens is 288 g/mol. The van der Waals surface area contributed by atoms with Gasteiger partial charge >= 0.3 is 0 Å². The van der Waals surface area contributed by atoms with E-state index in [2.05, 4.69) is 12.2 Å². The van der Waals surface area contributed by atoms with Gasteiger partial charge in [0.2, 0.25) is 0 Å². The number of fused-ring (bicyclic) bond motifs is 1. The van der Waals surface area contributed by atoms with Crippen LogP contribution in [0.2, 0.25) is 0 Å². The third-order valence-corrected chi connectivity index (χ3v) is 4.40. The largest absolute Gasteiger partial charge is 0.494 e. The number of hydrogen-bond donors (Lipinski definition) is 1. The second kappa shape index (κ2) is 5.95. The van der Waals surface area contributed by atoms with Gasteiger partial charge in [-0.3, -0.25) is 4.79 Å². The lowest BCUT2D eigenvalue weighted by Gasteiger charge is -2.44. The molecule has 2 aromatic carbocycles. The highest BCUT2D eigenvalue weighted by Gasteiger charge is 2.39. The van der Waals surface area contributed by atoms with Crippen LogP contribution in [0, 0.1) is 0 Å². The maximum absolute atomic E-state index is 12.7. The first-order valence-electron chi connectivity index (χ1n) is 7.95. The Morgan fingerprint density at radius 1 is 1.13 bits per heavy atom. The molecule has 1 unspecified atom stereocenters. The van der Waals surface area contributed by atoms with Crippen molar-refractivity contribution in [3.05, 3.63) is 59.7 Å². The number of ether oxygens (including phenoxy) is 1. The van der Waals surface area contributed by atoms with Crippen molar-refractivity contribution < 1.29 is 9.53 Å². The molecule has 0 aliphatic carbocycles. The van der Waals surface area contributed by atoms with Gasteiger partial charge in [-0.1, -0.05) is 31.2 Å². The average molecular weight is 310 g/mol. The van der Waals surface area contributed by atoms with Gasteiger partial charge in [0.15, 0.2) is 0 Å². The van der Waals surface area contributed by atoms with Crippen LogP contribution in [0.1, 0.15) is 36.2 Å². The van der Waals surface area contributed by atoms with E-state index in [1.165, 1.54) is 0 Å². The predicted octanol–water partition coefficient (Wildman–Crippen LogP) is 3.85. The van der Waals surface area contributed by atoms with Crippen LogP contribution in [0.25, 0.3) is 0 Å². The Morgan fingerprint density at radius 3 is 2.52 bits per heavy atom. The Labute approximate surface area is 137 Å². The summed E-state index contributed by atoms with van der Waals surface area (Å²) >= 11 is 0. The number of anilines is 1. The Kier molecular flexibility index (Phi) is 3.99. The zero-order valence-corrected chi connectivity index (χ0v) is 13.8. The zero-order valence-electron chi connectivity index (χ0n) is 13.8. The highest BCUT2D eigenvalue weighted by molar-refractivity contribution is 6.02. The second-order valence-electron chi connectivity index (χ2n) is 5.98. The first kappa shape index (κ1) is 15.4. The van der Waals surface area contributed by atoms with Crippen molar-refractivity contribution >= 4 is 11.6 Å². The van der Waals surface area contributed by atoms with Gasteiger partial charge in [0.05, 0.1) is 12.2 Å². The molecule has 0 spiro atoms. The van der Waals surface area contributed by atoms with E-state index < -0.39 is 5.66 Å². The number of nitrogens with zero attached hydrogens (tertiary/aromatic N) is 1. The standard InChI is InChI=1S/C19H22N2O2/c1-4-13-23-15-11-9-14(10-12-15)19(2)20-17-8-6-5-7-16(17)18(22)21(19)3/h5-12,20H,4,13H2,1-3H3. The molecule has 1 amide bonds. The third kappa shape index (κ3) is 2.65. The molecule has 0 aromatic heterocycles. The fourth-order valence-corrected chi connectivity index (χ4v) is 2.87. The summed E-state index contributed by atoms with van der Waals surface area (Å²) in [5.74, 6) is 0.873. The minimum Gasteiger partial charge on any atom is -0.494 e. The van der Waals surface area contributed by atoms with Gasteiger partial charge in [-0.2, -0.15) is 0 Å². The molecule has 4 nitrogen and oxygen atoms in total. The van der Waals surface area contributed by atoms with E-state index in [4.69, 9.17) is 4.74 Å². The van der Waals surface area contributed by atoms with Gasteiger partial charge in [-0.15, -0.1) is 0 Å². The number of benzene rings is 2. The number of amides is 1. The minimum absolute atomic E-state index is 0.0214. The first-order valence-corrected chi connectivity index (χ1v) is 7.95. The SMILES string of the molecule is CCCOc1ccc(C2(C)Nc3ccccc3C(=O)N2C)cc1. The van der Waals surface area contributed by atoms with Crippen LogP contribution >= 0.6 is 0 Å². The van der Waals surface area contributed by atoms with Crippen LogP contribution in [-0.4, -0.2) is 24.5 Å². The van der Waals surface area contributed by atoms with E-state index in [0.29, 0.717) is 12.2 Å². The lowest BCUT2D eigenvalue weighted by molar-refractivity contribution is 0.0615. The summed E-state index contributed by atoms with van der Waals surface area (Å²) in [7, 11) is 1.83. The molecule has 4 heteroatoms. The number of hydrogen-bond acceptors (Lipinski definition) is 3. The van der Waals surface area contributed by atoms with Crippen molar-refractivity contribution in [2.75, 3.05) is 19.0 Å². The Morgan fingerprint density at radius 2 is 1.83 bits per heavy atom. The summed E-state index contributed by atoms with van der Waals surface area (Å²) in [6, 6.07) is 15.5. The normalized spacial score (nSPS) is 20.0. The van der Waals surface area contributed by atoms with Gasteiger partial charge in [-0.25, -0.2) is 0 Å². The number of carbonyl (C=O) groups is 1. The smallest absolute Gasteiger partial charge is 0.257 e. The molecule has 1 aliphatic heterocycles. The molecule has 1 N–H and O–H groups in total. The van der Waals surface area contributed by atoms with Crippen molar-refractivity contribution in [3.8, 4) is 5.75 Å². The number of para-hydroxylation sites is 1. The lowest BCUT2D eigenvalue weighted by Crippen LogP contribution is -2.53. The average Bonchev–Trinajstić information content (AvgIpc) is 2.58. The van der Waals surface area contributed by atoms with E-state index in [1.807, 2.05) is 62.5 Å². The van der Waals surface area contributed by atoms with Crippen LogP contribution < -0.4 is 10.1 Å². The van der Waals surface area contributed by atoms with Gasteiger partial charge in [0.25, 0.3) is 5.91 Å². The topological polar surface area (TPSA) is 41.6 Å². The molecule has 0 radical (unpaired) electrons. The molecule has 0 bridgehead atoms. The van der Waals surface area contributed by atoms with Crippen LogP contribution in [0.4, 0.5) is 5.69 Å². The van der Waals surface area contributed by atoms with E-state index in [9.17, 15) is 4.79 Å². The van der Waals surface area contributed by atoms with Crippen LogP contribution in [0.5, 0.6) is 5.75 Å². The van der Waals surface area contributed by atoms with Crippen molar-refractivity contribution in [2.45, 2.75) is 25.9 Å². The van der Waals surface area contributed by atoms with Gasteiger partial charge in [0, 0.05) is 12.7 Å². The molecule has 120 valence electrons. The molecule has 3 rings (SSSR count). The highest BCUT2D eigenvalue weighted by Crippen LogP contribution is 2.37. The van der Waals surface area contributed by atoms with Gasteiger partial charge in [0.1, 0.15) is 11.4 Å². The molecule has 1 aliphatic rings. The highest BCUT2D eigenvalue weighted by atomic mass is 16.5. The van der Waals surface area contributed by atoms with Crippen molar-refractivity contribution in [1.29, 1.82) is 0 Å². The molecule has 0 saturated heterocycles. The molecule has 23 heavy (non-hydrogen) atoms. The fraction of sp³-hybridized carbons (Fsp3) is 0.316. The molecule has 0 saturated carbocycles. The van der Waals surface area contributed by atoms with E-state index in [0.717, 1.165) is 23.4 Å². The maximum Gasteiger partial charge on any atom is 0.257 e. The summed E-state index contributed by atoms with van der Waals surface area (Å²) in [4.78, 5) is 14.4. The van der Waals surface area contributed by atoms with E-state index >= 15 is 0 Å². The quantitative estimate of drug-likeness (QED) is 0.932. The third-order valence-electron chi connectivity index (χ3n) is 4.40. The summed E-state index contributed by atoms with van der Waals surface area (Å²) in [5, 5.41) is 3.50. The number of nitrogens with one attached hydrogen (secondary N) is 1. The number of carbonyl (C=O) groups excluding carboxylic acids is 1. The van der Waals surface area contributed by atoms with Crippen LogP contribution in [-0.2, 0) is 5.66 Å². The van der Waals surface area contributed by atoms with Gasteiger partial charge in [-0.05, 0) is 43.2 Å².